The predicted molar refractivity (Wildman–Crippen MR) is 142 cm³/mol. The number of hydrogen-bond donors (Lipinski definition) is 2. The Bertz CT molecular complexity index is 1510. The fraction of sp³-hybridized carbons (Fsp3) is 0.346. The fourth-order valence-electron chi connectivity index (χ4n) is 4.23. The summed E-state index contributed by atoms with van der Waals surface area (Å²) in [7, 11) is 3.05. The number of rotatable bonds is 7. The second-order valence-electron chi connectivity index (χ2n) is 9.12. The summed E-state index contributed by atoms with van der Waals surface area (Å²) in [5, 5.41) is 14.7. The predicted octanol–water partition coefficient (Wildman–Crippen LogP) is 3.62. The average Bonchev–Trinajstić information content (AvgIpc) is 3.18. The number of carbonyl (C=O) groups excluding carboxylic acids is 1. The molecule has 2 aromatic heterocycles. The highest BCUT2D eigenvalue weighted by Gasteiger charge is 2.24. The van der Waals surface area contributed by atoms with Crippen LogP contribution >= 0.6 is 11.3 Å². The van der Waals surface area contributed by atoms with Crippen LogP contribution in [-0.2, 0) is 20.0 Å². The van der Waals surface area contributed by atoms with Crippen LogP contribution in [0.2, 0.25) is 0 Å². The topological polar surface area (TPSA) is 96.6 Å². The Kier molecular flexibility index (Phi) is 7.09. The lowest BCUT2D eigenvalue weighted by atomic mass is 10.0. The van der Waals surface area contributed by atoms with Crippen LogP contribution in [0.3, 0.4) is 0 Å². The second kappa shape index (κ2) is 10.1. The number of anilines is 1. The summed E-state index contributed by atoms with van der Waals surface area (Å²) in [5.74, 6) is 0.186. The van der Waals surface area contributed by atoms with Gasteiger partial charge in [-0.3, -0.25) is 13.9 Å². The van der Waals surface area contributed by atoms with Crippen molar-refractivity contribution in [3.8, 4) is 0 Å². The van der Waals surface area contributed by atoms with E-state index in [0.29, 0.717) is 28.9 Å². The number of fused-ring (bicyclic) bond motifs is 2. The van der Waals surface area contributed by atoms with Gasteiger partial charge in [-0.05, 0) is 22.3 Å². The standard InChI is InChI=1S/C26H30N4O4S/c1-16(2)15-30-24-21(23(32)29(4)26(30)34)22(27-25(33)28(3)12-13-31)20(35-24)14-18-10-7-9-17-8-5-6-11-19(17)18/h5-11,16,31H,12-15H2,1-4H3,(H,27,33). The number of aromatic nitrogens is 2. The zero-order valence-corrected chi connectivity index (χ0v) is 21.2. The van der Waals surface area contributed by atoms with Crippen LogP contribution in [-0.4, -0.2) is 45.4 Å². The number of thiophene rings is 1. The third kappa shape index (κ3) is 4.74. The SMILES string of the molecule is CC(C)Cn1c(=O)n(C)c(=O)c2c(NC(=O)N(C)CCO)c(Cc3cccc4ccccc34)sc21. The van der Waals surface area contributed by atoms with Crippen molar-refractivity contribution in [3.63, 3.8) is 0 Å². The maximum Gasteiger partial charge on any atom is 0.331 e. The number of benzene rings is 2. The van der Waals surface area contributed by atoms with Gasteiger partial charge < -0.3 is 15.3 Å². The van der Waals surface area contributed by atoms with Crippen molar-refractivity contribution in [1.82, 2.24) is 14.0 Å². The van der Waals surface area contributed by atoms with Gasteiger partial charge in [0.25, 0.3) is 5.56 Å². The summed E-state index contributed by atoms with van der Waals surface area (Å²) in [6, 6.07) is 13.7. The van der Waals surface area contributed by atoms with Crippen LogP contribution in [0.1, 0.15) is 24.3 Å². The van der Waals surface area contributed by atoms with E-state index in [-0.39, 0.29) is 24.8 Å². The maximum absolute atomic E-state index is 13.3. The van der Waals surface area contributed by atoms with Crippen LogP contribution in [0.5, 0.6) is 0 Å². The minimum atomic E-state index is -0.439. The number of aliphatic hydroxyl groups excluding tert-OH is 1. The van der Waals surface area contributed by atoms with E-state index < -0.39 is 11.6 Å². The van der Waals surface area contributed by atoms with Gasteiger partial charge >= 0.3 is 11.7 Å². The number of aliphatic hydroxyl groups is 1. The molecule has 0 saturated carbocycles. The minimum Gasteiger partial charge on any atom is -0.395 e. The van der Waals surface area contributed by atoms with Gasteiger partial charge in [-0.25, -0.2) is 9.59 Å². The Morgan fingerprint density at radius 2 is 1.86 bits per heavy atom. The molecule has 4 rings (SSSR count). The molecular weight excluding hydrogens is 464 g/mol. The average molecular weight is 495 g/mol. The number of nitrogens with one attached hydrogen (secondary N) is 1. The van der Waals surface area contributed by atoms with Crippen molar-refractivity contribution < 1.29 is 9.90 Å². The summed E-state index contributed by atoms with van der Waals surface area (Å²) in [6.07, 6.45) is 0.485. The summed E-state index contributed by atoms with van der Waals surface area (Å²) in [6.45, 7) is 4.46. The van der Waals surface area contributed by atoms with E-state index in [1.54, 1.807) is 11.6 Å². The second-order valence-corrected chi connectivity index (χ2v) is 10.2. The minimum absolute atomic E-state index is 0.155. The molecule has 2 N–H and O–H groups in total. The smallest absolute Gasteiger partial charge is 0.331 e. The molecule has 9 heteroatoms. The summed E-state index contributed by atoms with van der Waals surface area (Å²) < 4.78 is 2.73. The van der Waals surface area contributed by atoms with Gasteiger partial charge in [-0.2, -0.15) is 0 Å². The molecule has 0 atom stereocenters. The Labute approximate surface area is 207 Å². The van der Waals surface area contributed by atoms with Gasteiger partial charge in [0.1, 0.15) is 4.83 Å². The third-order valence-corrected chi connectivity index (χ3v) is 7.25. The quantitative estimate of drug-likeness (QED) is 0.410. The summed E-state index contributed by atoms with van der Waals surface area (Å²) >= 11 is 1.37. The van der Waals surface area contributed by atoms with Crippen molar-refractivity contribution in [3.05, 3.63) is 73.7 Å². The van der Waals surface area contributed by atoms with E-state index in [2.05, 4.69) is 11.4 Å². The molecule has 35 heavy (non-hydrogen) atoms. The Morgan fingerprint density at radius 3 is 2.57 bits per heavy atom. The van der Waals surface area contributed by atoms with Gasteiger partial charge in [0.05, 0.1) is 17.7 Å². The molecule has 2 heterocycles. The highest BCUT2D eigenvalue weighted by molar-refractivity contribution is 7.19. The van der Waals surface area contributed by atoms with Crippen molar-refractivity contribution >= 4 is 44.0 Å². The number of carbonyl (C=O) groups is 1. The molecule has 2 aromatic carbocycles. The number of likely N-dealkylation sites (N-methyl/N-ethyl adjacent to an activating group) is 1. The molecule has 0 aliphatic heterocycles. The van der Waals surface area contributed by atoms with Gasteiger partial charge in [0.15, 0.2) is 0 Å². The van der Waals surface area contributed by atoms with Crippen molar-refractivity contribution in [2.75, 3.05) is 25.5 Å². The van der Waals surface area contributed by atoms with Crippen molar-refractivity contribution in [2.45, 2.75) is 26.8 Å². The molecule has 184 valence electrons. The first-order chi connectivity index (χ1) is 16.7. The largest absolute Gasteiger partial charge is 0.395 e. The maximum atomic E-state index is 13.3. The molecule has 0 fully saturated rings. The van der Waals surface area contributed by atoms with Gasteiger partial charge in [0.2, 0.25) is 0 Å². The zero-order chi connectivity index (χ0) is 25.3. The Balaban J connectivity index is 1.96. The molecule has 0 unspecified atom stereocenters. The summed E-state index contributed by atoms with van der Waals surface area (Å²) in [5.41, 5.74) is 0.671. The molecule has 4 aromatic rings. The van der Waals surface area contributed by atoms with E-state index in [4.69, 9.17) is 0 Å². The van der Waals surface area contributed by atoms with Crippen LogP contribution in [0.15, 0.2) is 52.1 Å². The number of amides is 2. The molecule has 8 nitrogen and oxygen atoms in total. The first-order valence-corrected chi connectivity index (χ1v) is 12.4. The lowest BCUT2D eigenvalue weighted by Gasteiger charge is -2.17. The molecule has 0 aliphatic rings. The van der Waals surface area contributed by atoms with Gasteiger partial charge in [-0.1, -0.05) is 56.3 Å². The van der Waals surface area contributed by atoms with Crippen molar-refractivity contribution in [2.24, 2.45) is 13.0 Å². The normalized spacial score (nSPS) is 11.5. The molecular formula is C26H30N4O4S. The van der Waals surface area contributed by atoms with Crippen LogP contribution < -0.4 is 16.6 Å². The molecule has 2 amide bonds. The summed E-state index contributed by atoms with van der Waals surface area (Å²) in [4.78, 5) is 42.0. The number of hydrogen-bond acceptors (Lipinski definition) is 5. The molecule has 0 radical (unpaired) electrons. The number of urea groups is 1. The van der Waals surface area contributed by atoms with Crippen LogP contribution in [0, 0.1) is 5.92 Å². The van der Waals surface area contributed by atoms with Crippen molar-refractivity contribution in [1.29, 1.82) is 0 Å². The van der Waals surface area contributed by atoms with E-state index in [0.717, 1.165) is 25.8 Å². The van der Waals surface area contributed by atoms with Gasteiger partial charge in [0, 0.05) is 38.5 Å². The molecule has 0 saturated heterocycles. The lowest BCUT2D eigenvalue weighted by molar-refractivity contribution is 0.202. The molecule has 0 bridgehead atoms. The van der Waals surface area contributed by atoms with E-state index >= 15 is 0 Å². The monoisotopic (exact) mass is 494 g/mol. The third-order valence-electron chi connectivity index (χ3n) is 6.04. The van der Waals surface area contributed by atoms with Crippen LogP contribution in [0.4, 0.5) is 10.5 Å². The Hall–Kier alpha value is -3.43. The Morgan fingerprint density at radius 1 is 1.14 bits per heavy atom. The lowest BCUT2D eigenvalue weighted by Crippen LogP contribution is -2.39. The first kappa shape index (κ1) is 24.7. The molecule has 0 aliphatic carbocycles. The van der Waals surface area contributed by atoms with E-state index in [9.17, 15) is 19.5 Å². The van der Waals surface area contributed by atoms with E-state index in [1.807, 2.05) is 50.2 Å². The first-order valence-electron chi connectivity index (χ1n) is 11.6. The molecule has 0 spiro atoms. The fourth-order valence-corrected chi connectivity index (χ4v) is 5.50. The highest BCUT2D eigenvalue weighted by atomic mass is 32.1. The van der Waals surface area contributed by atoms with Crippen LogP contribution in [0.25, 0.3) is 21.0 Å². The zero-order valence-electron chi connectivity index (χ0n) is 20.4. The van der Waals surface area contributed by atoms with Gasteiger partial charge in [-0.15, -0.1) is 11.3 Å². The van der Waals surface area contributed by atoms with E-state index in [1.165, 1.54) is 23.3 Å². The number of nitrogens with zero attached hydrogens (tertiary/aromatic N) is 3. The highest BCUT2D eigenvalue weighted by Crippen LogP contribution is 2.36.